The van der Waals surface area contributed by atoms with Crippen molar-refractivity contribution in [1.82, 2.24) is 15.1 Å². The predicted octanol–water partition coefficient (Wildman–Crippen LogP) is 1.79. The summed E-state index contributed by atoms with van der Waals surface area (Å²) in [7, 11) is 1.78. The van der Waals surface area contributed by atoms with Crippen LogP contribution < -0.4 is 5.32 Å². The minimum absolute atomic E-state index is 0.293. The summed E-state index contributed by atoms with van der Waals surface area (Å²) in [5.74, 6) is -0.910. The van der Waals surface area contributed by atoms with E-state index in [1.54, 1.807) is 11.7 Å². The molecule has 1 fully saturated rings. The Kier molecular flexibility index (Phi) is 3.71. The number of carbonyl (C=O) groups is 1. The lowest BCUT2D eigenvalue weighted by Crippen LogP contribution is -2.30. The maximum atomic E-state index is 11.0. The van der Waals surface area contributed by atoms with Crippen LogP contribution in [0.1, 0.15) is 48.7 Å². The Bertz CT molecular complexity index is 433. The predicted molar refractivity (Wildman–Crippen MR) is 68.4 cm³/mol. The van der Waals surface area contributed by atoms with Gasteiger partial charge in [0, 0.05) is 20.1 Å². The van der Waals surface area contributed by atoms with Crippen LogP contribution in [0.15, 0.2) is 6.20 Å². The molecule has 18 heavy (non-hydrogen) atoms. The Balaban J connectivity index is 1.94. The second-order valence-electron chi connectivity index (χ2n) is 5.56. The van der Waals surface area contributed by atoms with Crippen LogP contribution in [0.4, 0.5) is 0 Å². The lowest BCUT2D eigenvalue weighted by molar-refractivity contribution is 0.0695. The number of nitrogens with zero attached hydrogens (tertiary/aromatic N) is 2. The average Bonchev–Trinajstić information content (AvgIpc) is 2.87. The number of hydrogen-bond acceptors (Lipinski definition) is 3. The van der Waals surface area contributed by atoms with Gasteiger partial charge in [0.05, 0.1) is 11.9 Å². The number of carboxylic acids is 1. The number of aromatic nitrogens is 2. The molecule has 1 aromatic rings. The van der Waals surface area contributed by atoms with Gasteiger partial charge in [0.1, 0.15) is 5.56 Å². The van der Waals surface area contributed by atoms with Crippen LogP contribution in [0.2, 0.25) is 0 Å². The Morgan fingerprint density at radius 3 is 2.83 bits per heavy atom. The summed E-state index contributed by atoms with van der Waals surface area (Å²) in [5, 5.41) is 16.4. The second-order valence-corrected chi connectivity index (χ2v) is 5.56. The molecule has 5 heteroatoms. The van der Waals surface area contributed by atoms with Crippen LogP contribution >= 0.6 is 0 Å². The second kappa shape index (κ2) is 5.10. The Hall–Kier alpha value is -1.36. The number of aromatic carboxylic acids is 1. The van der Waals surface area contributed by atoms with E-state index < -0.39 is 5.97 Å². The van der Waals surface area contributed by atoms with Crippen molar-refractivity contribution < 1.29 is 9.90 Å². The molecule has 1 aromatic heterocycles. The molecule has 0 bridgehead atoms. The Morgan fingerprint density at radius 2 is 2.22 bits per heavy atom. The summed E-state index contributed by atoms with van der Waals surface area (Å²) >= 11 is 0. The number of rotatable bonds is 5. The molecule has 1 saturated carbocycles. The molecule has 0 saturated heterocycles. The van der Waals surface area contributed by atoms with E-state index in [0.717, 1.165) is 12.2 Å². The highest BCUT2D eigenvalue weighted by Crippen LogP contribution is 2.36. The highest BCUT2D eigenvalue weighted by Gasteiger charge is 2.28. The van der Waals surface area contributed by atoms with Gasteiger partial charge in [0.25, 0.3) is 0 Å². The van der Waals surface area contributed by atoms with E-state index in [1.165, 1.54) is 31.9 Å². The van der Waals surface area contributed by atoms with E-state index >= 15 is 0 Å². The van der Waals surface area contributed by atoms with Crippen molar-refractivity contribution in [2.45, 2.75) is 39.2 Å². The summed E-state index contributed by atoms with van der Waals surface area (Å²) in [6, 6.07) is 0. The largest absolute Gasteiger partial charge is 0.478 e. The van der Waals surface area contributed by atoms with Gasteiger partial charge in [-0.05, 0) is 18.3 Å². The summed E-state index contributed by atoms with van der Waals surface area (Å²) in [5.41, 5.74) is 1.41. The first-order valence-corrected chi connectivity index (χ1v) is 6.47. The van der Waals surface area contributed by atoms with Gasteiger partial charge in [-0.1, -0.05) is 19.8 Å². The van der Waals surface area contributed by atoms with Crippen molar-refractivity contribution in [3.8, 4) is 0 Å². The Labute approximate surface area is 107 Å². The van der Waals surface area contributed by atoms with Gasteiger partial charge in [-0.25, -0.2) is 4.79 Å². The van der Waals surface area contributed by atoms with E-state index in [9.17, 15) is 4.79 Å². The maximum Gasteiger partial charge on any atom is 0.339 e. The standard InChI is InChI=1S/C13H21N3O2/c1-13(5-3-4-6-13)9-14-8-11-10(12(17)18)7-15-16(11)2/h7,14H,3-6,8-9H2,1-2H3,(H,17,18). The number of aryl methyl sites for hydroxylation is 1. The fourth-order valence-corrected chi connectivity index (χ4v) is 2.74. The summed E-state index contributed by atoms with van der Waals surface area (Å²) in [6.07, 6.45) is 6.56. The molecule has 2 N–H and O–H groups in total. The van der Waals surface area contributed by atoms with Crippen LogP contribution in [0.3, 0.4) is 0 Å². The highest BCUT2D eigenvalue weighted by atomic mass is 16.4. The van der Waals surface area contributed by atoms with E-state index in [-0.39, 0.29) is 0 Å². The lowest BCUT2D eigenvalue weighted by Gasteiger charge is -2.23. The lowest BCUT2D eigenvalue weighted by atomic mass is 9.89. The number of carboxylic acid groups (broad SMARTS) is 1. The molecule has 2 rings (SSSR count). The SMILES string of the molecule is Cn1ncc(C(=O)O)c1CNCC1(C)CCCC1. The van der Waals surface area contributed by atoms with E-state index in [4.69, 9.17) is 5.11 Å². The zero-order valence-corrected chi connectivity index (χ0v) is 11.1. The molecule has 0 spiro atoms. The van der Waals surface area contributed by atoms with Crippen LogP contribution in [0.25, 0.3) is 0 Å². The molecule has 0 amide bonds. The zero-order chi connectivity index (χ0) is 13.2. The quantitative estimate of drug-likeness (QED) is 0.837. The molecule has 0 aromatic carbocycles. The van der Waals surface area contributed by atoms with Crippen molar-refractivity contribution in [1.29, 1.82) is 0 Å². The highest BCUT2D eigenvalue weighted by molar-refractivity contribution is 5.88. The van der Waals surface area contributed by atoms with Crippen molar-refractivity contribution in [3.63, 3.8) is 0 Å². The molecule has 0 aliphatic heterocycles. The van der Waals surface area contributed by atoms with E-state index in [0.29, 0.717) is 17.5 Å². The maximum absolute atomic E-state index is 11.0. The Morgan fingerprint density at radius 1 is 1.56 bits per heavy atom. The molecule has 1 heterocycles. The van der Waals surface area contributed by atoms with Gasteiger partial charge in [-0.3, -0.25) is 4.68 Å². The molecule has 0 radical (unpaired) electrons. The topological polar surface area (TPSA) is 67.2 Å². The van der Waals surface area contributed by atoms with Crippen LogP contribution in [-0.4, -0.2) is 27.4 Å². The van der Waals surface area contributed by atoms with Gasteiger partial charge < -0.3 is 10.4 Å². The summed E-state index contributed by atoms with van der Waals surface area (Å²) in [6.45, 7) is 3.80. The molecule has 1 aliphatic carbocycles. The van der Waals surface area contributed by atoms with Crippen molar-refractivity contribution in [2.75, 3.05) is 6.54 Å². The molecule has 1 aliphatic rings. The first-order valence-electron chi connectivity index (χ1n) is 6.47. The number of hydrogen-bond donors (Lipinski definition) is 2. The molecule has 0 unspecified atom stereocenters. The minimum atomic E-state index is -0.910. The molecule has 100 valence electrons. The van der Waals surface area contributed by atoms with Crippen LogP contribution in [0, 0.1) is 5.41 Å². The van der Waals surface area contributed by atoms with Gasteiger partial charge >= 0.3 is 5.97 Å². The summed E-state index contributed by atoms with van der Waals surface area (Å²) < 4.78 is 1.63. The van der Waals surface area contributed by atoms with Gasteiger partial charge in [-0.2, -0.15) is 5.10 Å². The third kappa shape index (κ3) is 2.72. The smallest absolute Gasteiger partial charge is 0.339 e. The van der Waals surface area contributed by atoms with E-state index in [1.807, 2.05) is 0 Å². The third-order valence-corrected chi connectivity index (χ3v) is 3.95. The van der Waals surface area contributed by atoms with Crippen LogP contribution in [0.5, 0.6) is 0 Å². The van der Waals surface area contributed by atoms with Gasteiger partial charge in [0.2, 0.25) is 0 Å². The first kappa shape index (κ1) is 13.1. The zero-order valence-electron chi connectivity index (χ0n) is 11.1. The molecular weight excluding hydrogens is 230 g/mol. The fraction of sp³-hybridized carbons (Fsp3) is 0.692. The molecular formula is C13H21N3O2. The van der Waals surface area contributed by atoms with E-state index in [2.05, 4.69) is 17.3 Å². The first-order chi connectivity index (χ1) is 8.52. The van der Waals surface area contributed by atoms with Crippen molar-refractivity contribution >= 4 is 5.97 Å². The molecule has 5 nitrogen and oxygen atoms in total. The van der Waals surface area contributed by atoms with Crippen molar-refractivity contribution in [3.05, 3.63) is 17.5 Å². The van der Waals surface area contributed by atoms with Gasteiger partial charge in [-0.15, -0.1) is 0 Å². The van der Waals surface area contributed by atoms with Crippen molar-refractivity contribution in [2.24, 2.45) is 12.5 Å². The minimum Gasteiger partial charge on any atom is -0.478 e. The third-order valence-electron chi connectivity index (χ3n) is 3.95. The van der Waals surface area contributed by atoms with Crippen LogP contribution in [-0.2, 0) is 13.6 Å². The normalized spacial score (nSPS) is 18.1. The average molecular weight is 251 g/mol. The fourth-order valence-electron chi connectivity index (χ4n) is 2.74. The monoisotopic (exact) mass is 251 g/mol. The van der Waals surface area contributed by atoms with Gasteiger partial charge in [0.15, 0.2) is 0 Å². The molecule has 0 atom stereocenters. The number of nitrogens with one attached hydrogen (secondary N) is 1. The summed E-state index contributed by atoms with van der Waals surface area (Å²) in [4.78, 5) is 11.0.